The molecule has 19 heavy (non-hydrogen) atoms. The van der Waals surface area contributed by atoms with Crippen LogP contribution in [0.5, 0.6) is 0 Å². The Hall–Kier alpha value is -1.39. The number of benzene rings is 1. The first-order chi connectivity index (χ1) is 8.58. The molecule has 0 radical (unpaired) electrons. The molecule has 4 heteroatoms. The van der Waals surface area contributed by atoms with Crippen LogP contribution in [0.4, 0.5) is 0 Å². The van der Waals surface area contributed by atoms with Gasteiger partial charge in [0.15, 0.2) is 0 Å². The van der Waals surface area contributed by atoms with Crippen LogP contribution in [0.15, 0.2) is 18.2 Å². The topological polar surface area (TPSA) is 66.8 Å². The van der Waals surface area contributed by atoms with E-state index >= 15 is 0 Å². The first-order valence-corrected chi connectivity index (χ1v) is 6.21. The molecule has 0 saturated carbocycles. The van der Waals surface area contributed by atoms with Crippen molar-refractivity contribution in [2.45, 2.75) is 45.3 Å². The monoisotopic (exact) mass is 266 g/mol. The van der Waals surface area contributed by atoms with Crippen molar-refractivity contribution in [2.24, 2.45) is 0 Å². The molecule has 4 nitrogen and oxygen atoms in total. The van der Waals surface area contributed by atoms with Crippen LogP contribution in [0, 0.1) is 6.92 Å². The zero-order valence-electron chi connectivity index (χ0n) is 12.2. The Labute approximate surface area is 114 Å². The quantitative estimate of drug-likeness (QED) is 0.816. The van der Waals surface area contributed by atoms with E-state index in [1.807, 2.05) is 6.92 Å². The number of aliphatic hydroxyl groups is 2. The van der Waals surface area contributed by atoms with Gasteiger partial charge in [-0.05, 0) is 51.0 Å². The summed E-state index contributed by atoms with van der Waals surface area (Å²) >= 11 is 0. The smallest absolute Gasteiger partial charge is 0.337 e. The number of hydrogen-bond acceptors (Lipinski definition) is 4. The molecular weight excluding hydrogens is 244 g/mol. The van der Waals surface area contributed by atoms with Crippen molar-refractivity contribution in [3.8, 4) is 0 Å². The summed E-state index contributed by atoms with van der Waals surface area (Å²) in [5.74, 6) is -0.385. The van der Waals surface area contributed by atoms with Gasteiger partial charge in [0.25, 0.3) is 0 Å². The molecule has 106 valence electrons. The molecular formula is C15H22O4. The minimum absolute atomic E-state index is 0.309. The maximum atomic E-state index is 11.4. The molecule has 1 unspecified atom stereocenters. The highest BCUT2D eigenvalue weighted by Crippen LogP contribution is 2.27. The number of carbonyl (C=O) groups excluding carboxylic acids is 1. The first kappa shape index (κ1) is 15.7. The molecule has 0 fully saturated rings. The maximum Gasteiger partial charge on any atom is 0.337 e. The van der Waals surface area contributed by atoms with E-state index in [1.165, 1.54) is 7.11 Å². The summed E-state index contributed by atoms with van der Waals surface area (Å²) in [5, 5.41) is 20.3. The molecule has 1 atom stereocenters. The number of carbonyl (C=O) groups is 1. The summed E-state index contributed by atoms with van der Waals surface area (Å²) < 4.78 is 4.66. The zero-order valence-corrected chi connectivity index (χ0v) is 12.2. The lowest BCUT2D eigenvalue weighted by atomic mass is 9.81. The van der Waals surface area contributed by atoms with Crippen molar-refractivity contribution in [1.82, 2.24) is 0 Å². The lowest BCUT2D eigenvalue weighted by Crippen LogP contribution is -2.49. The van der Waals surface area contributed by atoms with Crippen LogP contribution in [0.1, 0.15) is 42.3 Å². The molecule has 0 aromatic heterocycles. The van der Waals surface area contributed by atoms with Crippen molar-refractivity contribution in [3.63, 3.8) is 0 Å². The summed E-state index contributed by atoms with van der Waals surface area (Å²) in [7, 11) is 1.34. The minimum atomic E-state index is -1.25. The van der Waals surface area contributed by atoms with Crippen LogP contribution in [0.3, 0.4) is 0 Å². The third-order valence-corrected chi connectivity index (χ3v) is 3.62. The third-order valence-electron chi connectivity index (χ3n) is 3.62. The molecule has 0 aliphatic heterocycles. The van der Waals surface area contributed by atoms with Crippen LogP contribution in [0.2, 0.25) is 0 Å². The number of esters is 1. The molecule has 1 aromatic carbocycles. The number of hydrogen-bond donors (Lipinski definition) is 2. The van der Waals surface area contributed by atoms with Crippen molar-refractivity contribution in [3.05, 3.63) is 34.9 Å². The van der Waals surface area contributed by atoms with E-state index in [2.05, 4.69) is 4.74 Å². The summed E-state index contributed by atoms with van der Waals surface area (Å²) in [6.07, 6.45) is 0.309. The molecule has 2 N–H and O–H groups in total. The molecule has 0 saturated heterocycles. The molecule has 1 aromatic rings. The van der Waals surface area contributed by atoms with E-state index < -0.39 is 11.2 Å². The normalized spacial score (nSPS) is 14.9. The van der Waals surface area contributed by atoms with E-state index in [0.717, 1.165) is 11.1 Å². The Balaban J connectivity index is 3.02. The molecule has 0 aliphatic rings. The number of ether oxygens (including phenoxy) is 1. The van der Waals surface area contributed by atoms with E-state index in [4.69, 9.17) is 0 Å². The molecule has 0 bridgehead atoms. The van der Waals surface area contributed by atoms with Gasteiger partial charge < -0.3 is 14.9 Å². The fraction of sp³-hybridized carbons (Fsp3) is 0.533. The van der Waals surface area contributed by atoms with Gasteiger partial charge in [0, 0.05) is 6.42 Å². The molecule has 0 amide bonds. The second-order valence-corrected chi connectivity index (χ2v) is 5.64. The van der Waals surface area contributed by atoms with Crippen LogP contribution in [-0.4, -0.2) is 34.5 Å². The average Bonchev–Trinajstić information content (AvgIpc) is 2.29. The summed E-state index contributed by atoms with van der Waals surface area (Å²) in [4.78, 5) is 11.4. The van der Waals surface area contributed by atoms with E-state index in [0.29, 0.717) is 12.0 Å². The van der Waals surface area contributed by atoms with Gasteiger partial charge in [-0.3, -0.25) is 0 Å². The fourth-order valence-electron chi connectivity index (χ4n) is 1.73. The largest absolute Gasteiger partial charge is 0.465 e. The van der Waals surface area contributed by atoms with Gasteiger partial charge >= 0.3 is 5.97 Å². The first-order valence-electron chi connectivity index (χ1n) is 6.21. The van der Waals surface area contributed by atoms with Gasteiger partial charge in [-0.25, -0.2) is 4.79 Å². The Bertz CT molecular complexity index is 470. The van der Waals surface area contributed by atoms with Crippen LogP contribution in [0.25, 0.3) is 0 Å². The van der Waals surface area contributed by atoms with Crippen molar-refractivity contribution < 1.29 is 19.7 Å². The Morgan fingerprint density at radius 3 is 2.26 bits per heavy atom. The van der Waals surface area contributed by atoms with Crippen molar-refractivity contribution in [2.75, 3.05) is 7.11 Å². The van der Waals surface area contributed by atoms with Gasteiger partial charge in [-0.15, -0.1) is 0 Å². The van der Waals surface area contributed by atoms with Crippen LogP contribution >= 0.6 is 0 Å². The average molecular weight is 266 g/mol. The van der Waals surface area contributed by atoms with E-state index in [-0.39, 0.29) is 5.97 Å². The summed E-state index contributed by atoms with van der Waals surface area (Å²) in [6.45, 7) is 6.61. The fourth-order valence-corrected chi connectivity index (χ4v) is 1.73. The van der Waals surface area contributed by atoms with Crippen molar-refractivity contribution in [1.29, 1.82) is 0 Å². The standard InChI is InChI=1S/C15H22O4/c1-10-8-11(13(16)19-5)6-7-12(10)9-15(4,18)14(2,3)17/h6-8,17-18H,9H2,1-5H3. The second-order valence-electron chi connectivity index (χ2n) is 5.64. The van der Waals surface area contributed by atoms with Crippen LogP contribution < -0.4 is 0 Å². The van der Waals surface area contributed by atoms with Crippen molar-refractivity contribution >= 4 is 5.97 Å². The second kappa shape index (κ2) is 5.31. The highest BCUT2D eigenvalue weighted by molar-refractivity contribution is 5.89. The SMILES string of the molecule is COC(=O)c1ccc(CC(C)(O)C(C)(C)O)c(C)c1. The van der Waals surface area contributed by atoms with Gasteiger partial charge in [0.1, 0.15) is 0 Å². The van der Waals surface area contributed by atoms with Crippen LogP contribution in [-0.2, 0) is 11.2 Å². The predicted octanol–water partition coefficient (Wildman–Crippen LogP) is 1.85. The number of aryl methyl sites for hydroxylation is 1. The molecule has 0 heterocycles. The molecule has 1 rings (SSSR count). The highest BCUT2D eigenvalue weighted by atomic mass is 16.5. The lowest BCUT2D eigenvalue weighted by molar-refractivity contribution is -0.118. The van der Waals surface area contributed by atoms with Gasteiger partial charge in [0.2, 0.25) is 0 Å². The Kier molecular flexibility index (Phi) is 4.38. The number of methoxy groups -OCH3 is 1. The molecule has 0 aliphatic carbocycles. The lowest BCUT2D eigenvalue weighted by Gasteiger charge is -2.36. The van der Waals surface area contributed by atoms with Gasteiger partial charge in [0.05, 0.1) is 23.9 Å². The third kappa shape index (κ3) is 3.55. The highest BCUT2D eigenvalue weighted by Gasteiger charge is 2.37. The Morgan fingerprint density at radius 2 is 1.84 bits per heavy atom. The number of rotatable bonds is 4. The maximum absolute atomic E-state index is 11.4. The van der Waals surface area contributed by atoms with E-state index in [9.17, 15) is 15.0 Å². The van der Waals surface area contributed by atoms with Gasteiger partial charge in [-0.1, -0.05) is 6.07 Å². The zero-order chi connectivity index (χ0) is 14.8. The predicted molar refractivity (Wildman–Crippen MR) is 73.1 cm³/mol. The summed E-state index contributed by atoms with van der Waals surface area (Å²) in [5.41, 5.74) is -0.204. The minimum Gasteiger partial charge on any atom is -0.465 e. The molecule has 0 spiro atoms. The Morgan fingerprint density at radius 1 is 1.26 bits per heavy atom. The summed E-state index contributed by atoms with van der Waals surface area (Å²) in [6, 6.07) is 5.16. The van der Waals surface area contributed by atoms with Gasteiger partial charge in [-0.2, -0.15) is 0 Å². The van der Waals surface area contributed by atoms with E-state index in [1.54, 1.807) is 39.0 Å².